The molecule has 0 radical (unpaired) electrons. The molecule has 2 rings (SSSR count). The Labute approximate surface area is 122 Å². The molecular formula is C18H25NO. The lowest BCUT2D eigenvalue weighted by atomic mass is 9.93. The molecule has 0 N–H and O–H groups in total. The van der Waals surface area contributed by atoms with E-state index >= 15 is 0 Å². The van der Waals surface area contributed by atoms with Crippen molar-refractivity contribution in [3.63, 3.8) is 0 Å². The van der Waals surface area contributed by atoms with Crippen LogP contribution in [0.3, 0.4) is 0 Å². The van der Waals surface area contributed by atoms with Gasteiger partial charge in [0, 0.05) is 12.5 Å². The molecule has 1 aromatic carbocycles. The number of hydrogen-bond acceptors (Lipinski definition) is 2. The number of carbonyl (C=O) groups is 1. The van der Waals surface area contributed by atoms with Gasteiger partial charge in [-0.15, -0.1) is 0 Å². The van der Waals surface area contributed by atoms with E-state index in [1.807, 2.05) is 26.2 Å². The fourth-order valence-electron chi connectivity index (χ4n) is 2.92. The van der Waals surface area contributed by atoms with E-state index in [0.29, 0.717) is 5.78 Å². The third kappa shape index (κ3) is 3.80. The predicted octanol–water partition coefficient (Wildman–Crippen LogP) is 3.70. The second kappa shape index (κ2) is 6.85. The first-order chi connectivity index (χ1) is 9.58. The van der Waals surface area contributed by atoms with Gasteiger partial charge in [-0.25, -0.2) is 0 Å². The zero-order valence-corrected chi connectivity index (χ0v) is 12.9. The van der Waals surface area contributed by atoms with Crippen LogP contribution < -0.4 is 0 Å². The number of benzene rings is 1. The number of rotatable bonds is 3. The molecule has 2 nitrogen and oxygen atoms in total. The normalized spacial score (nSPS) is 22.3. The number of ketones is 1. The van der Waals surface area contributed by atoms with E-state index in [1.54, 1.807) is 0 Å². The lowest BCUT2D eigenvalue weighted by molar-refractivity contribution is -0.119. The highest BCUT2D eigenvalue weighted by atomic mass is 16.1. The summed E-state index contributed by atoms with van der Waals surface area (Å²) in [4.78, 5) is 14.8. The van der Waals surface area contributed by atoms with Crippen molar-refractivity contribution < 1.29 is 4.79 Å². The largest absolute Gasteiger partial charge is 0.309 e. The Kier molecular flexibility index (Phi) is 5.13. The number of aryl methyl sites for hydroxylation is 1. The molecule has 0 amide bonds. The van der Waals surface area contributed by atoms with Crippen molar-refractivity contribution in [1.29, 1.82) is 0 Å². The summed E-state index contributed by atoms with van der Waals surface area (Å²) in [5, 5.41) is 0. The Bertz CT molecular complexity index is 502. The van der Waals surface area contributed by atoms with Gasteiger partial charge in [0.25, 0.3) is 0 Å². The molecule has 0 saturated heterocycles. The van der Waals surface area contributed by atoms with Gasteiger partial charge in [0.15, 0.2) is 5.78 Å². The van der Waals surface area contributed by atoms with Gasteiger partial charge in [-0.1, -0.05) is 30.7 Å². The minimum absolute atomic E-state index is 0.169. The Morgan fingerprint density at radius 1 is 1.25 bits per heavy atom. The predicted molar refractivity (Wildman–Crippen MR) is 84.7 cm³/mol. The summed E-state index contributed by atoms with van der Waals surface area (Å²) in [5.41, 5.74) is 3.44. The van der Waals surface area contributed by atoms with E-state index in [1.165, 1.54) is 11.1 Å². The number of nitrogens with zero attached hydrogens (tertiary/aromatic N) is 1. The van der Waals surface area contributed by atoms with Crippen LogP contribution in [0.5, 0.6) is 0 Å². The first-order valence-electron chi connectivity index (χ1n) is 7.53. The van der Waals surface area contributed by atoms with Gasteiger partial charge >= 0.3 is 0 Å². The van der Waals surface area contributed by atoms with Crippen molar-refractivity contribution in [3.05, 3.63) is 41.0 Å². The van der Waals surface area contributed by atoms with Crippen LogP contribution in [0.4, 0.5) is 0 Å². The van der Waals surface area contributed by atoms with E-state index in [4.69, 9.17) is 0 Å². The molecule has 20 heavy (non-hydrogen) atoms. The molecule has 1 aliphatic carbocycles. The standard InChI is InChI=1S/C18H25NO/c1-14-8-4-5-9-15(14)12-16-10-6-7-11-17(18(16)20)13-19(2)3/h4-5,8-9,12,17H,6-7,10-11,13H2,1-3H3/b16-12+. The molecule has 0 aromatic heterocycles. The molecular weight excluding hydrogens is 246 g/mol. The maximum absolute atomic E-state index is 12.7. The second-order valence-corrected chi connectivity index (χ2v) is 6.10. The van der Waals surface area contributed by atoms with E-state index in [9.17, 15) is 4.79 Å². The van der Waals surface area contributed by atoms with Gasteiger partial charge in [0.05, 0.1) is 0 Å². The summed E-state index contributed by atoms with van der Waals surface area (Å²) in [5.74, 6) is 0.530. The van der Waals surface area contributed by atoms with Gasteiger partial charge in [-0.3, -0.25) is 4.79 Å². The van der Waals surface area contributed by atoms with Crippen LogP contribution >= 0.6 is 0 Å². The van der Waals surface area contributed by atoms with Gasteiger partial charge in [0.2, 0.25) is 0 Å². The second-order valence-electron chi connectivity index (χ2n) is 6.10. The molecule has 1 fully saturated rings. The lowest BCUT2D eigenvalue weighted by Gasteiger charge is -2.18. The van der Waals surface area contributed by atoms with Crippen LogP contribution in [0.2, 0.25) is 0 Å². The summed E-state index contributed by atoms with van der Waals surface area (Å²) < 4.78 is 0. The van der Waals surface area contributed by atoms with Crippen LogP contribution in [0.1, 0.15) is 36.8 Å². The monoisotopic (exact) mass is 271 g/mol. The topological polar surface area (TPSA) is 20.3 Å². The number of Topliss-reactive ketones (excluding diaryl/α,β-unsaturated/α-hetero) is 1. The molecule has 0 aliphatic heterocycles. The number of hydrogen-bond donors (Lipinski definition) is 0. The van der Waals surface area contributed by atoms with Crippen molar-refractivity contribution in [2.24, 2.45) is 5.92 Å². The smallest absolute Gasteiger partial charge is 0.163 e. The zero-order valence-electron chi connectivity index (χ0n) is 12.9. The molecule has 0 spiro atoms. The maximum Gasteiger partial charge on any atom is 0.163 e. The molecule has 1 aromatic rings. The third-order valence-corrected chi connectivity index (χ3v) is 4.04. The van der Waals surface area contributed by atoms with Crippen molar-refractivity contribution >= 4 is 11.9 Å². The first kappa shape index (κ1) is 15.0. The van der Waals surface area contributed by atoms with Gasteiger partial charge in [-0.2, -0.15) is 0 Å². The average Bonchev–Trinajstić information content (AvgIpc) is 2.56. The summed E-state index contributed by atoms with van der Waals surface area (Å²) in [7, 11) is 4.09. The maximum atomic E-state index is 12.7. The SMILES string of the molecule is Cc1ccccc1/C=C1\CCCCC(CN(C)C)C1=O. The van der Waals surface area contributed by atoms with Crippen LogP contribution in [-0.2, 0) is 4.79 Å². The highest BCUT2D eigenvalue weighted by Gasteiger charge is 2.25. The average molecular weight is 271 g/mol. The van der Waals surface area contributed by atoms with E-state index in [0.717, 1.165) is 37.8 Å². The van der Waals surface area contributed by atoms with Crippen LogP contribution in [0.25, 0.3) is 6.08 Å². The number of carbonyl (C=O) groups excluding carboxylic acids is 1. The lowest BCUT2D eigenvalue weighted by Crippen LogP contribution is -2.27. The molecule has 1 aliphatic rings. The molecule has 1 unspecified atom stereocenters. The Morgan fingerprint density at radius 3 is 2.70 bits per heavy atom. The highest BCUT2D eigenvalue weighted by molar-refractivity contribution is 6.01. The summed E-state index contributed by atoms with van der Waals surface area (Å²) >= 11 is 0. The third-order valence-electron chi connectivity index (χ3n) is 4.04. The van der Waals surface area contributed by atoms with E-state index in [2.05, 4.69) is 30.0 Å². The zero-order chi connectivity index (χ0) is 14.5. The fraction of sp³-hybridized carbons (Fsp3) is 0.500. The molecule has 2 heteroatoms. The summed E-state index contributed by atoms with van der Waals surface area (Å²) in [6, 6.07) is 8.28. The van der Waals surface area contributed by atoms with Crippen LogP contribution in [0, 0.1) is 12.8 Å². The van der Waals surface area contributed by atoms with Crippen molar-refractivity contribution in [3.8, 4) is 0 Å². The van der Waals surface area contributed by atoms with Crippen LogP contribution in [0.15, 0.2) is 29.8 Å². The summed E-state index contributed by atoms with van der Waals surface area (Å²) in [6.45, 7) is 2.97. The number of allylic oxidation sites excluding steroid dienone is 1. The Hall–Kier alpha value is -1.41. The quantitative estimate of drug-likeness (QED) is 0.617. The molecule has 108 valence electrons. The molecule has 0 bridgehead atoms. The van der Waals surface area contributed by atoms with Crippen molar-refractivity contribution in [2.75, 3.05) is 20.6 Å². The van der Waals surface area contributed by atoms with Gasteiger partial charge in [-0.05, 0) is 63.1 Å². The van der Waals surface area contributed by atoms with E-state index < -0.39 is 0 Å². The van der Waals surface area contributed by atoms with E-state index in [-0.39, 0.29) is 5.92 Å². The minimum Gasteiger partial charge on any atom is -0.309 e. The minimum atomic E-state index is 0.169. The van der Waals surface area contributed by atoms with Gasteiger partial charge < -0.3 is 4.90 Å². The van der Waals surface area contributed by atoms with Crippen molar-refractivity contribution in [2.45, 2.75) is 32.6 Å². The Balaban J connectivity index is 2.25. The van der Waals surface area contributed by atoms with Crippen molar-refractivity contribution in [1.82, 2.24) is 4.90 Å². The first-order valence-corrected chi connectivity index (χ1v) is 7.53. The Morgan fingerprint density at radius 2 is 2.00 bits per heavy atom. The molecule has 1 atom stereocenters. The fourth-order valence-corrected chi connectivity index (χ4v) is 2.92. The highest BCUT2D eigenvalue weighted by Crippen LogP contribution is 2.26. The molecule has 1 saturated carbocycles. The van der Waals surface area contributed by atoms with Gasteiger partial charge in [0.1, 0.15) is 0 Å². The summed E-state index contributed by atoms with van der Waals surface area (Å²) in [6.07, 6.45) is 6.37. The molecule has 0 heterocycles. The van der Waals surface area contributed by atoms with Crippen LogP contribution in [-0.4, -0.2) is 31.3 Å².